The third-order valence-corrected chi connectivity index (χ3v) is 4.24. The summed E-state index contributed by atoms with van der Waals surface area (Å²) in [4.78, 5) is 24.8. The van der Waals surface area contributed by atoms with Gasteiger partial charge in [-0.2, -0.15) is 5.10 Å². The zero-order valence-corrected chi connectivity index (χ0v) is 14.9. The lowest BCUT2D eigenvalue weighted by molar-refractivity contribution is -0.386. The van der Waals surface area contributed by atoms with Gasteiger partial charge in [-0.05, 0) is 32.9 Å². The Morgan fingerprint density at radius 1 is 1.36 bits per heavy atom. The fraction of sp³-hybridized carbons (Fsp3) is 0.412. The highest BCUT2D eigenvalue weighted by Crippen LogP contribution is 2.21. The number of anilines is 1. The molecule has 8 nitrogen and oxygen atoms in total. The van der Waals surface area contributed by atoms with E-state index in [1.165, 1.54) is 4.68 Å². The van der Waals surface area contributed by atoms with Gasteiger partial charge in [-0.3, -0.25) is 19.6 Å². The van der Waals surface area contributed by atoms with Gasteiger partial charge >= 0.3 is 5.69 Å². The molecule has 0 radical (unpaired) electrons. The van der Waals surface area contributed by atoms with Gasteiger partial charge in [-0.1, -0.05) is 18.2 Å². The van der Waals surface area contributed by atoms with Crippen molar-refractivity contribution in [1.82, 2.24) is 15.1 Å². The second-order valence-electron chi connectivity index (χ2n) is 6.03. The predicted molar refractivity (Wildman–Crippen MR) is 95.7 cm³/mol. The summed E-state index contributed by atoms with van der Waals surface area (Å²) in [5.41, 5.74) is 1.72. The number of likely N-dealkylation sites (N-methyl/N-ethyl adjacent to an activating group) is 1. The Hall–Kier alpha value is -2.90. The Morgan fingerprint density at radius 3 is 2.56 bits per heavy atom. The van der Waals surface area contributed by atoms with Crippen LogP contribution in [0.3, 0.4) is 0 Å². The molecular formula is C17H23N5O3. The molecule has 0 unspecified atom stereocenters. The lowest BCUT2D eigenvalue weighted by atomic mass is 10.2. The SMILES string of the molecule is Cc1nn(CC(=O)NC[C@@H](C)N(C)c2ccccc2)c(C)c1[N+](=O)[O-]. The second-order valence-corrected chi connectivity index (χ2v) is 6.03. The molecule has 0 fully saturated rings. The van der Waals surface area contributed by atoms with Crippen LogP contribution in [0.5, 0.6) is 0 Å². The van der Waals surface area contributed by atoms with Crippen LogP contribution in [0.15, 0.2) is 30.3 Å². The molecule has 2 aromatic rings. The first-order valence-corrected chi connectivity index (χ1v) is 8.04. The maximum Gasteiger partial charge on any atom is 0.312 e. The molecule has 134 valence electrons. The zero-order valence-electron chi connectivity index (χ0n) is 14.9. The maximum absolute atomic E-state index is 12.2. The Morgan fingerprint density at radius 2 is 2.00 bits per heavy atom. The number of rotatable bonds is 7. The molecule has 0 saturated carbocycles. The van der Waals surface area contributed by atoms with E-state index in [1.807, 2.05) is 44.3 Å². The van der Waals surface area contributed by atoms with Gasteiger partial charge in [-0.15, -0.1) is 0 Å². The third kappa shape index (κ3) is 4.34. The van der Waals surface area contributed by atoms with Crippen molar-refractivity contribution in [2.24, 2.45) is 0 Å². The molecule has 1 amide bonds. The molecule has 1 aromatic carbocycles. The topological polar surface area (TPSA) is 93.3 Å². The summed E-state index contributed by atoms with van der Waals surface area (Å²) < 4.78 is 1.37. The number of hydrogen-bond donors (Lipinski definition) is 1. The molecule has 1 atom stereocenters. The van der Waals surface area contributed by atoms with E-state index in [0.29, 0.717) is 17.9 Å². The summed E-state index contributed by atoms with van der Waals surface area (Å²) in [5.74, 6) is -0.228. The fourth-order valence-corrected chi connectivity index (χ4v) is 2.61. The number of para-hydroxylation sites is 1. The minimum absolute atomic E-state index is 0.0371. The minimum Gasteiger partial charge on any atom is -0.370 e. The molecule has 0 aliphatic heterocycles. The highest BCUT2D eigenvalue weighted by Gasteiger charge is 2.22. The van der Waals surface area contributed by atoms with Crippen LogP contribution in [0.4, 0.5) is 11.4 Å². The standard InChI is InChI=1S/C17H23N5O3/c1-12(20(4)15-8-6-5-7-9-15)10-18-16(23)11-21-14(3)17(22(24)25)13(2)19-21/h5-9,12H,10-11H2,1-4H3,(H,18,23)/t12-/m1/s1. The quantitative estimate of drug-likeness (QED) is 0.612. The predicted octanol–water partition coefficient (Wildman–Crippen LogP) is 2.05. The van der Waals surface area contributed by atoms with Gasteiger partial charge in [0.2, 0.25) is 5.91 Å². The molecule has 1 heterocycles. The summed E-state index contributed by atoms with van der Waals surface area (Å²) in [6.45, 7) is 5.60. The molecule has 0 aliphatic rings. The Kier molecular flexibility index (Phi) is 5.74. The number of nitro groups is 1. The summed E-state index contributed by atoms with van der Waals surface area (Å²) >= 11 is 0. The van der Waals surface area contributed by atoms with E-state index in [4.69, 9.17) is 0 Å². The fourth-order valence-electron chi connectivity index (χ4n) is 2.61. The lowest BCUT2D eigenvalue weighted by Crippen LogP contribution is -2.41. The Balaban J connectivity index is 1.93. The van der Waals surface area contributed by atoms with Crippen LogP contribution in [-0.2, 0) is 11.3 Å². The lowest BCUT2D eigenvalue weighted by Gasteiger charge is -2.27. The molecule has 0 aliphatic carbocycles. The van der Waals surface area contributed by atoms with Crippen LogP contribution in [0, 0.1) is 24.0 Å². The number of nitrogens with zero attached hydrogens (tertiary/aromatic N) is 4. The molecule has 0 saturated heterocycles. The molecule has 8 heteroatoms. The zero-order chi connectivity index (χ0) is 18.6. The van der Waals surface area contributed by atoms with Gasteiger partial charge in [0.1, 0.15) is 17.9 Å². The number of benzene rings is 1. The third-order valence-electron chi connectivity index (χ3n) is 4.24. The Bertz CT molecular complexity index is 757. The van der Waals surface area contributed by atoms with Crippen LogP contribution in [0.1, 0.15) is 18.3 Å². The van der Waals surface area contributed by atoms with Crippen LogP contribution >= 0.6 is 0 Å². The largest absolute Gasteiger partial charge is 0.370 e. The number of carbonyl (C=O) groups excluding carboxylic acids is 1. The minimum atomic E-state index is -0.469. The summed E-state index contributed by atoms with van der Waals surface area (Å²) in [6.07, 6.45) is 0. The molecule has 1 aromatic heterocycles. The monoisotopic (exact) mass is 345 g/mol. The average molecular weight is 345 g/mol. The van der Waals surface area contributed by atoms with Gasteiger partial charge in [0, 0.05) is 25.3 Å². The van der Waals surface area contributed by atoms with Crippen molar-refractivity contribution in [3.8, 4) is 0 Å². The number of nitrogens with one attached hydrogen (secondary N) is 1. The molecule has 25 heavy (non-hydrogen) atoms. The highest BCUT2D eigenvalue weighted by atomic mass is 16.6. The molecule has 0 bridgehead atoms. The second kappa shape index (κ2) is 7.78. The normalized spacial score (nSPS) is 11.8. The number of carbonyl (C=O) groups is 1. The van der Waals surface area contributed by atoms with Gasteiger partial charge in [0.15, 0.2) is 0 Å². The number of aromatic nitrogens is 2. The van der Waals surface area contributed by atoms with E-state index in [-0.39, 0.29) is 24.2 Å². The molecule has 0 spiro atoms. The number of amides is 1. The van der Waals surface area contributed by atoms with Crippen molar-refractivity contribution < 1.29 is 9.72 Å². The van der Waals surface area contributed by atoms with Crippen molar-refractivity contribution in [3.63, 3.8) is 0 Å². The van der Waals surface area contributed by atoms with E-state index in [9.17, 15) is 14.9 Å². The van der Waals surface area contributed by atoms with E-state index in [2.05, 4.69) is 15.3 Å². The summed E-state index contributed by atoms with van der Waals surface area (Å²) in [7, 11) is 1.97. The van der Waals surface area contributed by atoms with Crippen molar-refractivity contribution >= 4 is 17.3 Å². The average Bonchev–Trinajstić information content (AvgIpc) is 2.86. The molecule has 1 N–H and O–H groups in total. The van der Waals surface area contributed by atoms with Crippen molar-refractivity contribution in [3.05, 3.63) is 51.8 Å². The van der Waals surface area contributed by atoms with Crippen molar-refractivity contribution in [1.29, 1.82) is 0 Å². The summed E-state index contributed by atoms with van der Waals surface area (Å²) in [6, 6.07) is 10.00. The van der Waals surface area contributed by atoms with Gasteiger partial charge in [0.25, 0.3) is 0 Å². The maximum atomic E-state index is 12.2. The first kappa shape index (κ1) is 18.4. The van der Waals surface area contributed by atoms with E-state index in [0.717, 1.165) is 5.69 Å². The molecule has 2 rings (SSSR count). The van der Waals surface area contributed by atoms with Gasteiger partial charge in [-0.25, -0.2) is 0 Å². The van der Waals surface area contributed by atoms with Crippen LogP contribution in [0.2, 0.25) is 0 Å². The molecular weight excluding hydrogens is 322 g/mol. The van der Waals surface area contributed by atoms with Crippen LogP contribution in [0.25, 0.3) is 0 Å². The van der Waals surface area contributed by atoms with E-state index in [1.54, 1.807) is 13.8 Å². The van der Waals surface area contributed by atoms with E-state index < -0.39 is 4.92 Å². The van der Waals surface area contributed by atoms with Crippen molar-refractivity contribution in [2.45, 2.75) is 33.4 Å². The number of aryl methyl sites for hydroxylation is 1. The number of hydrogen-bond acceptors (Lipinski definition) is 5. The summed E-state index contributed by atoms with van der Waals surface area (Å²) in [5, 5.41) is 18.0. The van der Waals surface area contributed by atoms with Crippen LogP contribution in [-0.4, -0.2) is 40.2 Å². The van der Waals surface area contributed by atoms with Crippen LogP contribution < -0.4 is 10.2 Å². The van der Waals surface area contributed by atoms with Gasteiger partial charge in [0.05, 0.1) is 4.92 Å². The highest BCUT2D eigenvalue weighted by molar-refractivity contribution is 5.76. The Labute approximate surface area is 146 Å². The smallest absolute Gasteiger partial charge is 0.312 e. The first-order chi connectivity index (χ1) is 11.8. The van der Waals surface area contributed by atoms with Crippen molar-refractivity contribution in [2.75, 3.05) is 18.5 Å². The first-order valence-electron chi connectivity index (χ1n) is 8.04. The van der Waals surface area contributed by atoms with E-state index >= 15 is 0 Å². The van der Waals surface area contributed by atoms with Gasteiger partial charge < -0.3 is 10.2 Å².